The zero-order valence-electron chi connectivity index (χ0n) is 11.2. The Hall–Kier alpha value is -0.0900. The minimum atomic E-state index is -2.79. The second kappa shape index (κ2) is 7.37. The van der Waals surface area contributed by atoms with Crippen LogP contribution in [-0.2, 0) is 9.84 Å². The molecular weight excluding hydrogens is 234 g/mol. The molecule has 0 aliphatic heterocycles. The van der Waals surface area contributed by atoms with E-state index in [2.05, 4.69) is 12.2 Å². The number of nitrogens with one attached hydrogen (secondary N) is 1. The smallest absolute Gasteiger partial charge is 0.150 e. The van der Waals surface area contributed by atoms with Gasteiger partial charge in [0.25, 0.3) is 0 Å². The maximum absolute atomic E-state index is 11.7. The van der Waals surface area contributed by atoms with Crippen molar-refractivity contribution in [3.05, 3.63) is 0 Å². The number of hydrogen-bond donors (Lipinski definition) is 1. The van der Waals surface area contributed by atoms with Gasteiger partial charge in [-0.05, 0) is 44.6 Å². The summed E-state index contributed by atoms with van der Waals surface area (Å²) < 4.78 is 23.4. The highest BCUT2D eigenvalue weighted by molar-refractivity contribution is 7.91. The normalized spacial score (nSPS) is 25.3. The predicted octanol–water partition coefficient (Wildman–Crippen LogP) is 2.37. The zero-order valence-corrected chi connectivity index (χ0v) is 12.1. The highest BCUT2D eigenvalue weighted by Gasteiger charge is 2.27. The van der Waals surface area contributed by atoms with E-state index in [4.69, 9.17) is 0 Å². The number of hydrogen-bond acceptors (Lipinski definition) is 3. The van der Waals surface area contributed by atoms with E-state index in [-0.39, 0.29) is 0 Å². The van der Waals surface area contributed by atoms with Gasteiger partial charge in [-0.15, -0.1) is 0 Å². The van der Waals surface area contributed by atoms with Crippen molar-refractivity contribution >= 4 is 9.84 Å². The van der Waals surface area contributed by atoms with Gasteiger partial charge >= 0.3 is 0 Å². The summed E-state index contributed by atoms with van der Waals surface area (Å²) in [7, 11) is -2.79. The van der Waals surface area contributed by atoms with Crippen LogP contribution in [0.15, 0.2) is 0 Å². The van der Waals surface area contributed by atoms with Crippen molar-refractivity contribution < 1.29 is 8.42 Å². The van der Waals surface area contributed by atoms with Gasteiger partial charge in [-0.25, -0.2) is 8.42 Å². The molecule has 0 amide bonds. The molecule has 0 aromatic rings. The molecule has 1 aliphatic carbocycles. The first kappa shape index (κ1) is 15.0. The van der Waals surface area contributed by atoms with Crippen LogP contribution in [-0.4, -0.2) is 32.5 Å². The van der Waals surface area contributed by atoms with E-state index >= 15 is 0 Å². The predicted molar refractivity (Wildman–Crippen MR) is 73.0 cm³/mol. The van der Waals surface area contributed by atoms with Crippen LogP contribution >= 0.6 is 0 Å². The van der Waals surface area contributed by atoms with Crippen LogP contribution in [0.1, 0.15) is 52.4 Å². The van der Waals surface area contributed by atoms with E-state index in [1.54, 1.807) is 0 Å². The zero-order chi connectivity index (χ0) is 12.7. The van der Waals surface area contributed by atoms with E-state index in [0.29, 0.717) is 23.5 Å². The summed E-state index contributed by atoms with van der Waals surface area (Å²) in [6.45, 7) is 5.16. The Kier molecular flexibility index (Phi) is 6.49. The molecule has 1 aliphatic rings. The van der Waals surface area contributed by atoms with Gasteiger partial charge in [-0.3, -0.25) is 0 Å². The van der Waals surface area contributed by atoms with E-state index < -0.39 is 9.84 Å². The van der Waals surface area contributed by atoms with Crippen LogP contribution < -0.4 is 5.32 Å². The fraction of sp³-hybridized carbons (Fsp3) is 1.00. The summed E-state index contributed by atoms with van der Waals surface area (Å²) in [6.07, 6.45) is 6.41. The SMILES string of the molecule is CCCNC1CCCC1CCS(=O)(=O)CCC. The van der Waals surface area contributed by atoms with Crippen molar-refractivity contribution in [2.45, 2.75) is 58.4 Å². The molecule has 1 rings (SSSR count). The molecule has 1 fully saturated rings. The van der Waals surface area contributed by atoms with Gasteiger partial charge in [0, 0.05) is 11.8 Å². The molecule has 0 radical (unpaired) electrons. The highest BCUT2D eigenvalue weighted by Crippen LogP contribution is 2.28. The van der Waals surface area contributed by atoms with Crippen molar-refractivity contribution in [3.63, 3.8) is 0 Å². The van der Waals surface area contributed by atoms with Crippen molar-refractivity contribution in [3.8, 4) is 0 Å². The molecule has 0 aromatic carbocycles. The van der Waals surface area contributed by atoms with Gasteiger partial charge in [0.15, 0.2) is 0 Å². The Morgan fingerprint density at radius 3 is 2.53 bits per heavy atom. The molecule has 0 heterocycles. The minimum Gasteiger partial charge on any atom is -0.314 e. The Morgan fingerprint density at radius 1 is 1.12 bits per heavy atom. The molecular formula is C13H27NO2S. The molecule has 102 valence electrons. The van der Waals surface area contributed by atoms with Crippen LogP contribution in [0.4, 0.5) is 0 Å². The van der Waals surface area contributed by atoms with Crippen molar-refractivity contribution in [2.75, 3.05) is 18.1 Å². The van der Waals surface area contributed by atoms with Gasteiger partial charge in [0.1, 0.15) is 9.84 Å². The molecule has 0 aromatic heterocycles. The van der Waals surface area contributed by atoms with Crippen LogP contribution in [0.25, 0.3) is 0 Å². The fourth-order valence-electron chi connectivity index (χ4n) is 2.72. The third kappa shape index (κ3) is 5.38. The third-order valence-electron chi connectivity index (χ3n) is 3.63. The van der Waals surface area contributed by atoms with Gasteiger partial charge in [0.2, 0.25) is 0 Å². The second-order valence-electron chi connectivity index (χ2n) is 5.19. The van der Waals surface area contributed by atoms with E-state index in [1.165, 1.54) is 19.3 Å². The molecule has 1 N–H and O–H groups in total. The first-order valence-corrected chi connectivity index (χ1v) is 8.85. The number of rotatable bonds is 8. The monoisotopic (exact) mass is 261 g/mol. The Balaban J connectivity index is 2.35. The van der Waals surface area contributed by atoms with Crippen molar-refractivity contribution in [1.82, 2.24) is 5.32 Å². The fourth-order valence-corrected chi connectivity index (χ4v) is 4.21. The van der Waals surface area contributed by atoms with Gasteiger partial charge in [-0.2, -0.15) is 0 Å². The van der Waals surface area contributed by atoms with Crippen LogP contribution in [0, 0.1) is 5.92 Å². The van der Waals surface area contributed by atoms with Crippen LogP contribution in [0.2, 0.25) is 0 Å². The van der Waals surface area contributed by atoms with Crippen molar-refractivity contribution in [1.29, 1.82) is 0 Å². The quantitative estimate of drug-likeness (QED) is 0.729. The Bertz CT molecular complexity index is 301. The first-order valence-electron chi connectivity index (χ1n) is 7.03. The van der Waals surface area contributed by atoms with Crippen LogP contribution in [0.3, 0.4) is 0 Å². The Labute approximate surface area is 106 Å². The molecule has 2 atom stereocenters. The van der Waals surface area contributed by atoms with Crippen LogP contribution in [0.5, 0.6) is 0 Å². The summed E-state index contributed by atoms with van der Waals surface area (Å²) in [5.41, 5.74) is 0. The first-order chi connectivity index (χ1) is 8.09. The average Bonchev–Trinajstić information content (AvgIpc) is 2.71. The standard InChI is InChI=1S/C13H27NO2S/c1-3-9-14-13-7-5-6-12(13)8-11-17(15,16)10-4-2/h12-14H,3-11H2,1-2H3. The summed E-state index contributed by atoms with van der Waals surface area (Å²) in [4.78, 5) is 0. The van der Waals surface area contributed by atoms with E-state index in [9.17, 15) is 8.42 Å². The minimum absolute atomic E-state index is 0.354. The number of sulfone groups is 1. The molecule has 2 unspecified atom stereocenters. The topological polar surface area (TPSA) is 46.2 Å². The average molecular weight is 261 g/mol. The molecule has 17 heavy (non-hydrogen) atoms. The maximum Gasteiger partial charge on any atom is 0.150 e. The lowest BCUT2D eigenvalue weighted by Gasteiger charge is -2.20. The maximum atomic E-state index is 11.7. The lowest BCUT2D eigenvalue weighted by molar-refractivity contribution is 0.391. The van der Waals surface area contributed by atoms with Gasteiger partial charge < -0.3 is 5.32 Å². The molecule has 0 spiro atoms. The molecule has 3 nitrogen and oxygen atoms in total. The molecule has 0 saturated heterocycles. The largest absolute Gasteiger partial charge is 0.314 e. The summed E-state index contributed by atoms with van der Waals surface area (Å²) in [6, 6.07) is 0.562. The lowest BCUT2D eigenvalue weighted by atomic mass is 10.0. The third-order valence-corrected chi connectivity index (χ3v) is 5.52. The van der Waals surface area contributed by atoms with Gasteiger partial charge in [-0.1, -0.05) is 20.3 Å². The molecule has 0 bridgehead atoms. The van der Waals surface area contributed by atoms with E-state index in [0.717, 1.165) is 25.8 Å². The molecule has 4 heteroatoms. The highest BCUT2D eigenvalue weighted by atomic mass is 32.2. The molecule has 1 saturated carbocycles. The summed E-state index contributed by atoms with van der Waals surface area (Å²) in [5, 5.41) is 3.55. The van der Waals surface area contributed by atoms with Gasteiger partial charge in [0.05, 0.1) is 5.75 Å². The van der Waals surface area contributed by atoms with E-state index in [1.807, 2.05) is 6.92 Å². The second-order valence-corrected chi connectivity index (χ2v) is 7.50. The lowest BCUT2D eigenvalue weighted by Crippen LogP contribution is -2.33. The Morgan fingerprint density at radius 2 is 1.88 bits per heavy atom. The van der Waals surface area contributed by atoms with Crippen molar-refractivity contribution in [2.24, 2.45) is 5.92 Å². The summed E-state index contributed by atoms with van der Waals surface area (Å²) in [5.74, 6) is 1.32. The summed E-state index contributed by atoms with van der Waals surface area (Å²) >= 11 is 0.